The molecular weight excluding hydrogens is 364 g/mol. The summed E-state index contributed by atoms with van der Waals surface area (Å²) in [6, 6.07) is 15.3. The van der Waals surface area contributed by atoms with Crippen LogP contribution in [0.2, 0.25) is 0 Å². The van der Waals surface area contributed by atoms with Gasteiger partial charge in [0, 0.05) is 0 Å². The highest BCUT2D eigenvalue weighted by atomic mass is 16.7. The molecular formula is C25H38O4. The van der Waals surface area contributed by atoms with E-state index in [1.54, 1.807) is 0 Å². The summed E-state index contributed by atoms with van der Waals surface area (Å²) in [6.07, 6.45) is 0. The van der Waals surface area contributed by atoms with Gasteiger partial charge in [-0.3, -0.25) is 0 Å². The van der Waals surface area contributed by atoms with Gasteiger partial charge >= 0.3 is 0 Å². The normalized spacial score (nSPS) is 13.5. The minimum atomic E-state index is 0.360. The third-order valence-corrected chi connectivity index (χ3v) is 2.73. The molecule has 0 bridgehead atoms. The van der Waals surface area contributed by atoms with Crippen molar-refractivity contribution >= 4 is 0 Å². The highest BCUT2D eigenvalue weighted by Crippen LogP contribution is 2.30. The molecule has 2 aromatic carbocycles. The molecule has 0 atom stereocenters. The van der Waals surface area contributed by atoms with E-state index in [2.05, 4.69) is 55.4 Å². The average Bonchev–Trinajstić information content (AvgIpc) is 3.08. The fourth-order valence-corrected chi connectivity index (χ4v) is 1.84. The van der Waals surface area contributed by atoms with E-state index >= 15 is 0 Å². The van der Waals surface area contributed by atoms with Crippen LogP contribution in [0.3, 0.4) is 0 Å². The molecule has 0 amide bonds. The van der Waals surface area contributed by atoms with Gasteiger partial charge in [0.05, 0.1) is 0 Å². The van der Waals surface area contributed by atoms with Gasteiger partial charge in [0.2, 0.25) is 6.79 Å². The van der Waals surface area contributed by atoms with Gasteiger partial charge in [0.15, 0.2) is 23.0 Å². The first kappa shape index (κ1) is 24.7. The zero-order valence-corrected chi connectivity index (χ0v) is 19.4. The smallest absolute Gasteiger partial charge is 0.231 e. The Kier molecular flexibility index (Phi) is 9.87. The molecule has 2 aliphatic rings. The molecule has 0 spiro atoms. The van der Waals surface area contributed by atoms with Crippen molar-refractivity contribution in [3.8, 4) is 23.0 Å². The SMILES string of the molecule is CC(C)(C)C.CC(C)(C)C.c1ccc2c(c1)OCCO2.c1ccc2c(c1)OCO2. The van der Waals surface area contributed by atoms with Crippen LogP contribution in [-0.2, 0) is 0 Å². The lowest BCUT2D eigenvalue weighted by atomic mass is 10.0. The summed E-state index contributed by atoms with van der Waals surface area (Å²) in [6.45, 7) is 19.2. The Morgan fingerprint density at radius 2 is 0.724 bits per heavy atom. The van der Waals surface area contributed by atoms with Crippen LogP contribution in [0.25, 0.3) is 0 Å². The van der Waals surface area contributed by atoms with E-state index in [1.807, 2.05) is 48.5 Å². The van der Waals surface area contributed by atoms with E-state index in [0.717, 1.165) is 23.0 Å². The maximum Gasteiger partial charge on any atom is 0.231 e. The van der Waals surface area contributed by atoms with Crippen LogP contribution in [-0.4, -0.2) is 20.0 Å². The number of para-hydroxylation sites is 4. The second kappa shape index (κ2) is 11.6. The molecule has 0 radical (unpaired) electrons. The predicted octanol–water partition coefficient (Wildman–Crippen LogP) is 6.98. The topological polar surface area (TPSA) is 36.9 Å². The highest BCUT2D eigenvalue weighted by molar-refractivity contribution is 5.41. The minimum Gasteiger partial charge on any atom is -0.486 e. The molecule has 0 saturated carbocycles. The van der Waals surface area contributed by atoms with E-state index in [1.165, 1.54) is 0 Å². The maximum atomic E-state index is 5.30. The first-order chi connectivity index (χ1) is 13.4. The molecule has 0 saturated heterocycles. The Morgan fingerprint density at radius 1 is 0.483 bits per heavy atom. The molecule has 0 fully saturated rings. The standard InChI is InChI=1S/C8H8O2.C7H6O2.2C5H12/c1-2-4-8-7(3-1)9-5-6-10-8;1-2-4-7-6(3-1)8-5-9-7;2*1-5(2,3)4/h1-4H,5-6H2;1-4H,5H2;2*1-4H3. The molecule has 162 valence electrons. The summed E-state index contributed by atoms with van der Waals surface area (Å²) in [4.78, 5) is 0. The minimum absolute atomic E-state index is 0.360. The Morgan fingerprint density at radius 3 is 1.00 bits per heavy atom. The molecule has 4 nitrogen and oxygen atoms in total. The van der Waals surface area contributed by atoms with Crippen molar-refractivity contribution in [2.75, 3.05) is 20.0 Å². The lowest BCUT2D eigenvalue weighted by Gasteiger charge is -2.17. The molecule has 0 unspecified atom stereocenters. The lowest BCUT2D eigenvalue weighted by Crippen LogP contribution is -2.14. The van der Waals surface area contributed by atoms with Crippen LogP contribution in [0.15, 0.2) is 48.5 Å². The Balaban J connectivity index is 0.000000205. The average molecular weight is 403 g/mol. The van der Waals surface area contributed by atoms with E-state index in [4.69, 9.17) is 18.9 Å². The first-order valence-corrected chi connectivity index (χ1v) is 10.1. The van der Waals surface area contributed by atoms with Crippen molar-refractivity contribution in [1.29, 1.82) is 0 Å². The predicted molar refractivity (Wildman–Crippen MR) is 120 cm³/mol. The van der Waals surface area contributed by atoms with Gasteiger partial charge in [-0.25, -0.2) is 0 Å². The molecule has 0 N–H and O–H groups in total. The highest BCUT2D eigenvalue weighted by Gasteiger charge is 2.09. The number of hydrogen-bond donors (Lipinski definition) is 0. The van der Waals surface area contributed by atoms with Gasteiger partial charge in [-0.15, -0.1) is 0 Å². The fourth-order valence-electron chi connectivity index (χ4n) is 1.84. The summed E-state index contributed by atoms with van der Waals surface area (Å²) >= 11 is 0. The molecule has 29 heavy (non-hydrogen) atoms. The Hall–Kier alpha value is -2.36. The number of hydrogen-bond acceptors (Lipinski definition) is 4. The second-order valence-electron chi connectivity index (χ2n) is 10.00. The summed E-state index contributed by atoms with van der Waals surface area (Å²) in [7, 11) is 0. The summed E-state index contributed by atoms with van der Waals surface area (Å²) < 4.78 is 20.7. The molecule has 0 aromatic heterocycles. The number of fused-ring (bicyclic) bond motifs is 2. The maximum absolute atomic E-state index is 5.30. The monoisotopic (exact) mass is 402 g/mol. The van der Waals surface area contributed by atoms with E-state index in [-0.39, 0.29) is 0 Å². The summed E-state index contributed by atoms with van der Waals surface area (Å²) in [5.41, 5.74) is 1.00. The largest absolute Gasteiger partial charge is 0.486 e. The van der Waals surface area contributed by atoms with E-state index in [9.17, 15) is 0 Å². The van der Waals surface area contributed by atoms with Crippen LogP contribution in [0.4, 0.5) is 0 Å². The van der Waals surface area contributed by atoms with E-state index in [0.29, 0.717) is 30.8 Å². The van der Waals surface area contributed by atoms with Crippen molar-refractivity contribution in [3.63, 3.8) is 0 Å². The quantitative estimate of drug-likeness (QED) is 0.476. The molecule has 2 aromatic rings. The van der Waals surface area contributed by atoms with Crippen molar-refractivity contribution in [2.24, 2.45) is 10.8 Å². The first-order valence-electron chi connectivity index (χ1n) is 10.1. The zero-order chi connectivity index (χ0) is 21.9. The summed E-state index contributed by atoms with van der Waals surface area (Å²) in [5.74, 6) is 3.40. The second-order valence-corrected chi connectivity index (χ2v) is 10.00. The third kappa shape index (κ3) is 13.4. The van der Waals surface area contributed by atoms with Crippen LogP contribution in [0.5, 0.6) is 23.0 Å². The van der Waals surface area contributed by atoms with Crippen molar-refractivity contribution < 1.29 is 18.9 Å². The lowest BCUT2D eigenvalue weighted by molar-refractivity contribution is 0.171. The van der Waals surface area contributed by atoms with Crippen molar-refractivity contribution in [1.82, 2.24) is 0 Å². The zero-order valence-electron chi connectivity index (χ0n) is 19.4. The van der Waals surface area contributed by atoms with Gasteiger partial charge in [-0.1, -0.05) is 79.7 Å². The van der Waals surface area contributed by atoms with Crippen LogP contribution in [0.1, 0.15) is 55.4 Å². The number of ether oxygens (including phenoxy) is 4. The van der Waals surface area contributed by atoms with Crippen molar-refractivity contribution in [2.45, 2.75) is 55.4 Å². The molecule has 4 heteroatoms. The fraction of sp³-hybridized carbons (Fsp3) is 0.520. The van der Waals surface area contributed by atoms with Crippen LogP contribution in [0, 0.1) is 10.8 Å². The van der Waals surface area contributed by atoms with Gasteiger partial charge < -0.3 is 18.9 Å². The van der Waals surface area contributed by atoms with Gasteiger partial charge in [-0.2, -0.15) is 0 Å². The number of benzene rings is 2. The molecule has 4 rings (SSSR count). The molecule has 2 aliphatic heterocycles. The third-order valence-electron chi connectivity index (χ3n) is 2.73. The van der Waals surface area contributed by atoms with Gasteiger partial charge in [0.25, 0.3) is 0 Å². The van der Waals surface area contributed by atoms with Gasteiger partial charge in [-0.05, 0) is 35.1 Å². The Labute approximate surface area is 177 Å². The number of rotatable bonds is 0. The van der Waals surface area contributed by atoms with Crippen LogP contribution < -0.4 is 18.9 Å². The van der Waals surface area contributed by atoms with Crippen molar-refractivity contribution in [3.05, 3.63) is 48.5 Å². The van der Waals surface area contributed by atoms with Gasteiger partial charge in [0.1, 0.15) is 13.2 Å². The van der Waals surface area contributed by atoms with Crippen LogP contribution >= 0.6 is 0 Å². The Bertz CT molecular complexity index is 639. The summed E-state index contributed by atoms with van der Waals surface area (Å²) in [5, 5.41) is 0. The molecule has 2 heterocycles. The van der Waals surface area contributed by atoms with E-state index < -0.39 is 0 Å². The molecule has 0 aliphatic carbocycles.